The Morgan fingerprint density at radius 3 is 2.00 bits per heavy atom. The Bertz CT molecular complexity index is 774. The molecule has 1 amide bonds. The van der Waals surface area contributed by atoms with E-state index in [-0.39, 0.29) is 30.1 Å². The molecule has 6 nitrogen and oxygen atoms in total. The van der Waals surface area contributed by atoms with Crippen molar-refractivity contribution in [1.82, 2.24) is 5.32 Å². The van der Waals surface area contributed by atoms with E-state index in [9.17, 15) is 9.59 Å². The molecule has 144 valence electrons. The van der Waals surface area contributed by atoms with E-state index in [0.29, 0.717) is 36.9 Å². The number of rotatable bonds is 8. The summed E-state index contributed by atoms with van der Waals surface area (Å²) in [6, 6.07) is 14.6. The number of carbonyl (C=O) groups excluding carboxylic acids is 2. The Kier molecular flexibility index (Phi) is 9.02. The van der Waals surface area contributed by atoms with Gasteiger partial charge in [0.05, 0.1) is 7.11 Å². The highest BCUT2D eigenvalue weighted by Crippen LogP contribution is 2.08. The molecule has 0 radical (unpaired) electrons. The van der Waals surface area contributed by atoms with Crippen LogP contribution < -0.4 is 11.1 Å². The van der Waals surface area contributed by atoms with Crippen LogP contribution in [0.4, 0.5) is 0 Å². The van der Waals surface area contributed by atoms with Crippen LogP contribution in [0.15, 0.2) is 48.5 Å². The SMILES string of the molecule is COC(=O)CCc1ccc(CCNC(=O)c2ccc(C(=N)N)cc2)cc1.Cl. The normalized spacial score (nSPS) is 9.81. The number of esters is 1. The average molecular weight is 390 g/mol. The first kappa shape index (κ1) is 22.2. The minimum Gasteiger partial charge on any atom is -0.469 e. The quantitative estimate of drug-likeness (QED) is 0.366. The molecule has 0 aliphatic rings. The molecule has 0 spiro atoms. The van der Waals surface area contributed by atoms with Gasteiger partial charge in [0.1, 0.15) is 5.84 Å². The van der Waals surface area contributed by atoms with E-state index < -0.39 is 0 Å². The number of amidine groups is 1. The molecule has 4 N–H and O–H groups in total. The summed E-state index contributed by atoms with van der Waals surface area (Å²) in [5.74, 6) is -0.394. The highest BCUT2D eigenvalue weighted by atomic mass is 35.5. The van der Waals surface area contributed by atoms with Crippen molar-refractivity contribution in [3.8, 4) is 0 Å². The molecule has 0 saturated heterocycles. The number of nitrogen functional groups attached to an aromatic ring is 1. The van der Waals surface area contributed by atoms with Gasteiger partial charge in [-0.15, -0.1) is 12.4 Å². The lowest BCUT2D eigenvalue weighted by atomic mass is 10.1. The van der Waals surface area contributed by atoms with Crippen molar-refractivity contribution >= 4 is 30.1 Å². The van der Waals surface area contributed by atoms with Gasteiger partial charge in [0, 0.05) is 24.1 Å². The number of nitrogens with one attached hydrogen (secondary N) is 2. The van der Waals surface area contributed by atoms with Crippen molar-refractivity contribution in [2.24, 2.45) is 5.73 Å². The van der Waals surface area contributed by atoms with Gasteiger partial charge in [0.2, 0.25) is 0 Å². The monoisotopic (exact) mass is 389 g/mol. The maximum absolute atomic E-state index is 12.1. The smallest absolute Gasteiger partial charge is 0.305 e. The van der Waals surface area contributed by atoms with Crippen molar-refractivity contribution in [1.29, 1.82) is 5.41 Å². The van der Waals surface area contributed by atoms with Crippen LogP contribution in [-0.4, -0.2) is 31.4 Å². The summed E-state index contributed by atoms with van der Waals surface area (Å²) in [6.07, 6.45) is 1.74. The van der Waals surface area contributed by atoms with E-state index >= 15 is 0 Å². The molecule has 0 bridgehead atoms. The fourth-order valence-corrected chi connectivity index (χ4v) is 2.44. The molecule has 0 heterocycles. The molecule has 0 fully saturated rings. The lowest BCUT2D eigenvalue weighted by Gasteiger charge is -2.07. The summed E-state index contributed by atoms with van der Waals surface area (Å²) >= 11 is 0. The van der Waals surface area contributed by atoms with E-state index in [4.69, 9.17) is 11.1 Å². The van der Waals surface area contributed by atoms with Crippen LogP contribution in [0.2, 0.25) is 0 Å². The molecular weight excluding hydrogens is 366 g/mol. The third-order valence-corrected chi connectivity index (χ3v) is 4.03. The molecule has 0 aromatic heterocycles. The number of aryl methyl sites for hydroxylation is 1. The van der Waals surface area contributed by atoms with E-state index in [1.165, 1.54) is 7.11 Å². The lowest BCUT2D eigenvalue weighted by molar-refractivity contribution is -0.140. The highest BCUT2D eigenvalue weighted by Gasteiger charge is 2.06. The van der Waals surface area contributed by atoms with Gasteiger partial charge in [-0.25, -0.2) is 0 Å². The number of halogens is 1. The van der Waals surface area contributed by atoms with E-state index in [1.807, 2.05) is 24.3 Å². The number of benzene rings is 2. The average Bonchev–Trinajstić information content (AvgIpc) is 2.67. The number of hydrogen-bond acceptors (Lipinski definition) is 4. The molecule has 0 atom stereocenters. The van der Waals surface area contributed by atoms with Crippen molar-refractivity contribution in [3.05, 3.63) is 70.8 Å². The van der Waals surface area contributed by atoms with Gasteiger partial charge >= 0.3 is 5.97 Å². The van der Waals surface area contributed by atoms with Gasteiger partial charge in [0.25, 0.3) is 5.91 Å². The van der Waals surface area contributed by atoms with Gasteiger partial charge in [-0.1, -0.05) is 36.4 Å². The Morgan fingerprint density at radius 2 is 1.48 bits per heavy atom. The maximum atomic E-state index is 12.1. The number of hydrogen-bond donors (Lipinski definition) is 3. The largest absolute Gasteiger partial charge is 0.469 e. The summed E-state index contributed by atoms with van der Waals surface area (Å²) in [5, 5.41) is 10.2. The van der Waals surface area contributed by atoms with Crippen LogP contribution in [-0.2, 0) is 22.4 Å². The molecule has 0 unspecified atom stereocenters. The van der Waals surface area contributed by atoms with Crippen LogP contribution in [0.1, 0.15) is 33.5 Å². The Balaban J connectivity index is 0.00000364. The number of amides is 1. The summed E-state index contributed by atoms with van der Waals surface area (Å²) in [4.78, 5) is 23.3. The van der Waals surface area contributed by atoms with Gasteiger partial charge in [-0.05, 0) is 36.1 Å². The molecule has 0 saturated carbocycles. The first-order valence-corrected chi connectivity index (χ1v) is 8.37. The fraction of sp³-hybridized carbons (Fsp3) is 0.250. The van der Waals surface area contributed by atoms with Crippen molar-refractivity contribution in [3.63, 3.8) is 0 Å². The number of methoxy groups -OCH3 is 1. The summed E-state index contributed by atoms with van der Waals surface area (Å²) in [6.45, 7) is 0.523. The first-order chi connectivity index (χ1) is 12.5. The third kappa shape index (κ3) is 7.11. The van der Waals surface area contributed by atoms with Crippen LogP contribution in [0.5, 0.6) is 0 Å². The van der Waals surface area contributed by atoms with Crippen LogP contribution >= 0.6 is 12.4 Å². The van der Waals surface area contributed by atoms with Crippen molar-refractivity contribution in [2.45, 2.75) is 19.3 Å². The van der Waals surface area contributed by atoms with E-state index in [0.717, 1.165) is 11.1 Å². The zero-order valence-electron chi connectivity index (χ0n) is 15.2. The predicted octanol–water partition coefficient (Wildman–Crippen LogP) is 2.47. The summed E-state index contributed by atoms with van der Waals surface area (Å²) < 4.78 is 4.63. The molecule has 0 aliphatic heterocycles. The Hall–Kier alpha value is -2.86. The zero-order valence-corrected chi connectivity index (χ0v) is 16.0. The van der Waals surface area contributed by atoms with E-state index in [1.54, 1.807) is 24.3 Å². The predicted molar refractivity (Wildman–Crippen MR) is 108 cm³/mol. The molecule has 27 heavy (non-hydrogen) atoms. The molecule has 0 aliphatic carbocycles. The zero-order chi connectivity index (χ0) is 18.9. The van der Waals surface area contributed by atoms with Gasteiger partial charge < -0.3 is 15.8 Å². The molecule has 7 heteroatoms. The van der Waals surface area contributed by atoms with Crippen LogP contribution in [0.25, 0.3) is 0 Å². The number of ether oxygens (including phenoxy) is 1. The van der Waals surface area contributed by atoms with Crippen LogP contribution in [0, 0.1) is 5.41 Å². The highest BCUT2D eigenvalue weighted by molar-refractivity contribution is 5.98. The molecular formula is C20H24ClN3O3. The maximum Gasteiger partial charge on any atom is 0.305 e. The summed E-state index contributed by atoms with van der Waals surface area (Å²) in [7, 11) is 1.39. The number of nitrogens with two attached hydrogens (primary N) is 1. The molecule has 2 aromatic carbocycles. The van der Waals surface area contributed by atoms with Crippen molar-refractivity contribution in [2.75, 3.05) is 13.7 Å². The number of carbonyl (C=O) groups is 2. The van der Waals surface area contributed by atoms with Crippen molar-refractivity contribution < 1.29 is 14.3 Å². The fourth-order valence-electron chi connectivity index (χ4n) is 2.44. The van der Waals surface area contributed by atoms with Crippen LogP contribution in [0.3, 0.4) is 0 Å². The second-order valence-electron chi connectivity index (χ2n) is 5.89. The van der Waals surface area contributed by atoms with Gasteiger partial charge in [-0.3, -0.25) is 15.0 Å². The molecule has 2 aromatic rings. The topological polar surface area (TPSA) is 105 Å². The van der Waals surface area contributed by atoms with Gasteiger partial charge in [0.15, 0.2) is 0 Å². The Labute approximate surface area is 165 Å². The minimum atomic E-state index is -0.215. The van der Waals surface area contributed by atoms with E-state index in [2.05, 4.69) is 10.1 Å². The second-order valence-corrected chi connectivity index (χ2v) is 5.89. The first-order valence-electron chi connectivity index (χ1n) is 8.37. The lowest BCUT2D eigenvalue weighted by Crippen LogP contribution is -2.25. The second kappa shape index (κ2) is 11.0. The summed E-state index contributed by atoms with van der Waals surface area (Å²) in [5.41, 5.74) is 8.71. The standard InChI is InChI=1S/C20H23N3O3.ClH/c1-26-18(24)11-6-14-2-4-15(5-3-14)12-13-23-20(25)17-9-7-16(8-10-17)19(21)22;/h2-5,7-10H,6,11-13H2,1H3,(H3,21,22)(H,23,25);1H. The third-order valence-electron chi connectivity index (χ3n) is 4.03. The minimum absolute atomic E-state index is 0. The molecule has 2 rings (SSSR count). The van der Waals surface area contributed by atoms with Gasteiger partial charge in [-0.2, -0.15) is 0 Å². The Morgan fingerprint density at radius 1 is 0.963 bits per heavy atom.